The van der Waals surface area contributed by atoms with Crippen LogP contribution >= 0.6 is 0 Å². The summed E-state index contributed by atoms with van der Waals surface area (Å²) < 4.78 is 25.9. The van der Waals surface area contributed by atoms with E-state index < -0.39 is 10.0 Å². The van der Waals surface area contributed by atoms with Crippen LogP contribution in [0.3, 0.4) is 0 Å². The highest BCUT2D eigenvalue weighted by atomic mass is 32.2. The lowest BCUT2D eigenvalue weighted by Crippen LogP contribution is -2.31. The Hall–Kier alpha value is -1.33. The zero-order chi connectivity index (χ0) is 13.1. The lowest BCUT2D eigenvalue weighted by molar-refractivity contribution is 0.460. The van der Waals surface area contributed by atoms with E-state index >= 15 is 0 Å². The summed E-state index contributed by atoms with van der Waals surface area (Å²) in [5.41, 5.74) is 6.99. The molecule has 0 saturated heterocycles. The Bertz CT molecular complexity index is 509. The Labute approximate surface area is 103 Å². The lowest BCUT2D eigenvalue weighted by atomic mass is 10.2. The molecule has 0 atom stereocenters. The number of nitrogens with zero attached hydrogens (tertiary/aromatic N) is 1. The van der Waals surface area contributed by atoms with Crippen molar-refractivity contribution in [3.63, 3.8) is 0 Å². The van der Waals surface area contributed by atoms with Gasteiger partial charge in [0, 0.05) is 13.1 Å². The first kappa shape index (κ1) is 13.7. The summed E-state index contributed by atoms with van der Waals surface area (Å²) in [4.78, 5) is 0.159. The first-order chi connectivity index (χ1) is 7.93. The number of benzene rings is 1. The van der Waals surface area contributed by atoms with E-state index in [0.29, 0.717) is 6.54 Å². The van der Waals surface area contributed by atoms with Crippen LogP contribution < -0.4 is 5.73 Å². The van der Waals surface area contributed by atoms with Crippen molar-refractivity contribution in [2.75, 3.05) is 18.8 Å². The van der Waals surface area contributed by atoms with Crippen molar-refractivity contribution in [1.82, 2.24) is 4.31 Å². The minimum Gasteiger partial charge on any atom is -0.398 e. The van der Waals surface area contributed by atoms with E-state index in [0.717, 1.165) is 5.56 Å². The molecule has 5 heteroatoms. The number of nitrogens with two attached hydrogens (primary N) is 1. The van der Waals surface area contributed by atoms with Crippen molar-refractivity contribution in [3.05, 3.63) is 36.4 Å². The van der Waals surface area contributed by atoms with Crippen LogP contribution in [0.4, 0.5) is 5.69 Å². The predicted molar refractivity (Wildman–Crippen MR) is 70.2 cm³/mol. The molecule has 17 heavy (non-hydrogen) atoms. The van der Waals surface area contributed by atoms with Crippen LogP contribution in [0.5, 0.6) is 0 Å². The first-order valence-corrected chi connectivity index (χ1v) is 6.84. The second-order valence-electron chi connectivity index (χ2n) is 3.79. The number of sulfonamides is 1. The molecule has 1 rings (SSSR count). The van der Waals surface area contributed by atoms with Gasteiger partial charge in [0.25, 0.3) is 0 Å². The number of aryl methyl sites for hydroxylation is 1. The quantitative estimate of drug-likeness (QED) is 0.643. The molecule has 2 N–H and O–H groups in total. The second-order valence-corrected chi connectivity index (χ2v) is 5.69. The summed E-state index contributed by atoms with van der Waals surface area (Å²) in [6.07, 6.45) is 1.56. The van der Waals surface area contributed by atoms with Gasteiger partial charge in [0.1, 0.15) is 4.90 Å². The molecule has 0 amide bonds. The van der Waals surface area contributed by atoms with Crippen LogP contribution in [-0.4, -0.2) is 25.8 Å². The van der Waals surface area contributed by atoms with E-state index in [4.69, 9.17) is 5.73 Å². The van der Waals surface area contributed by atoms with Crippen LogP contribution in [0.1, 0.15) is 12.5 Å². The van der Waals surface area contributed by atoms with Gasteiger partial charge in [-0.2, -0.15) is 4.31 Å². The zero-order valence-electron chi connectivity index (χ0n) is 10.2. The van der Waals surface area contributed by atoms with Crippen molar-refractivity contribution in [2.45, 2.75) is 18.7 Å². The van der Waals surface area contributed by atoms with Gasteiger partial charge in [0.15, 0.2) is 0 Å². The Morgan fingerprint density at radius 2 is 2.12 bits per heavy atom. The summed E-state index contributed by atoms with van der Waals surface area (Å²) in [5, 5.41) is 0. The summed E-state index contributed by atoms with van der Waals surface area (Å²) in [5.74, 6) is 0. The average molecular weight is 254 g/mol. The van der Waals surface area contributed by atoms with Gasteiger partial charge in [-0.3, -0.25) is 0 Å². The number of likely N-dealkylation sites (N-methyl/N-ethyl adjacent to an activating group) is 1. The molecule has 1 aromatic carbocycles. The average Bonchev–Trinajstić information content (AvgIpc) is 2.24. The molecule has 0 aliphatic rings. The molecule has 1 aromatic rings. The van der Waals surface area contributed by atoms with E-state index in [1.54, 1.807) is 31.2 Å². The second kappa shape index (κ2) is 5.33. The Balaban J connectivity index is 3.24. The number of hydrogen-bond donors (Lipinski definition) is 1. The Morgan fingerprint density at radius 3 is 2.59 bits per heavy atom. The maximum Gasteiger partial charge on any atom is 0.245 e. The molecule has 0 saturated carbocycles. The fraction of sp³-hybridized carbons (Fsp3) is 0.333. The highest BCUT2D eigenvalue weighted by molar-refractivity contribution is 7.89. The summed E-state index contributed by atoms with van der Waals surface area (Å²) >= 11 is 0. The molecule has 0 aliphatic heterocycles. The smallest absolute Gasteiger partial charge is 0.245 e. The molecule has 0 spiro atoms. The normalized spacial score (nSPS) is 11.7. The van der Waals surface area contributed by atoms with E-state index in [1.165, 1.54) is 4.31 Å². The lowest BCUT2D eigenvalue weighted by Gasteiger charge is -2.19. The van der Waals surface area contributed by atoms with Crippen LogP contribution in [0.25, 0.3) is 0 Å². The molecule has 0 radical (unpaired) electrons. The third kappa shape index (κ3) is 2.87. The van der Waals surface area contributed by atoms with Crippen LogP contribution in [-0.2, 0) is 10.0 Å². The van der Waals surface area contributed by atoms with Gasteiger partial charge in [-0.1, -0.05) is 19.1 Å². The Morgan fingerprint density at radius 1 is 1.47 bits per heavy atom. The third-order valence-electron chi connectivity index (χ3n) is 2.47. The van der Waals surface area contributed by atoms with E-state index in [-0.39, 0.29) is 17.1 Å². The molecule has 0 bridgehead atoms. The number of rotatable bonds is 5. The molecule has 0 unspecified atom stereocenters. The number of hydrogen-bond acceptors (Lipinski definition) is 3. The molecular formula is C12H18N2O2S. The predicted octanol–water partition coefficient (Wildman–Crippen LogP) is 1.77. The van der Waals surface area contributed by atoms with Gasteiger partial charge in [-0.25, -0.2) is 8.42 Å². The molecule has 0 aromatic heterocycles. The van der Waals surface area contributed by atoms with Gasteiger partial charge in [0.05, 0.1) is 5.69 Å². The van der Waals surface area contributed by atoms with Gasteiger partial charge in [-0.15, -0.1) is 6.58 Å². The monoisotopic (exact) mass is 254 g/mol. The van der Waals surface area contributed by atoms with Crippen molar-refractivity contribution in [1.29, 1.82) is 0 Å². The van der Waals surface area contributed by atoms with Gasteiger partial charge < -0.3 is 5.73 Å². The van der Waals surface area contributed by atoms with Crippen molar-refractivity contribution < 1.29 is 8.42 Å². The number of nitrogen functional groups attached to an aromatic ring is 1. The molecule has 0 aliphatic carbocycles. The van der Waals surface area contributed by atoms with Crippen LogP contribution in [0.15, 0.2) is 35.7 Å². The molecule has 0 heterocycles. The summed E-state index contributed by atoms with van der Waals surface area (Å²) in [6.45, 7) is 7.88. The molecule has 4 nitrogen and oxygen atoms in total. The first-order valence-electron chi connectivity index (χ1n) is 5.40. The Kier molecular flexibility index (Phi) is 4.31. The fourth-order valence-corrected chi connectivity index (χ4v) is 3.10. The molecule has 94 valence electrons. The molecular weight excluding hydrogens is 236 g/mol. The third-order valence-corrected chi connectivity index (χ3v) is 4.48. The minimum absolute atomic E-state index is 0.159. The molecule has 0 fully saturated rings. The van der Waals surface area contributed by atoms with Crippen LogP contribution in [0, 0.1) is 6.92 Å². The highest BCUT2D eigenvalue weighted by Gasteiger charge is 2.23. The number of anilines is 1. The van der Waals surface area contributed by atoms with Crippen molar-refractivity contribution in [2.24, 2.45) is 0 Å². The van der Waals surface area contributed by atoms with E-state index in [1.807, 2.05) is 6.92 Å². The summed E-state index contributed by atoms with van der Waals surface area (Å²) in [6, 6.07) is 4.95. The van der Waals surface area contributed by atoms with Crippen LogP contribution in [0.2, 0.25) is 0 Å². The SMILES string of the molecule is C=CCN(CC)S(=O)(=O)c1ccc(C)cc1N. The zero-order valence-corrected chi connectivity index (χ0v) is 11.0. The van der Waals surface area contributed by atoms with Gasteiger partial charge >= 0.3 is 0 Å². The maximum atomic E-state index is 12.3. The van der Waals surface area contributed by atoms with E-state index in [9.17, 15) is 8.42 Å². The van der Waals surface area contributed by atoms with Crippen molar-refractivity contribution >= 4 is 15.7 Å². The standard InChI is InChI=1S/C12H18N2O2S/c1-4-8-14(5-2)17(15,16)12-7-6-10(3)9-11(12)13/h4,6-7,9H,1,5,8,13H2,2-3H3. The minimum atomic E-state index is -3.52. The fourth-order valence-electron chi connectivity index (χ4n) is 1.58. The van der Waals surface area contributed by atoms with Gasteiger partial charge in [-0.05, 0) is 24.6 Å². The van der Waals surface area contributed by atoms with E-state index in [2.05, 4.69) is 6.58 Å². The largest absolute Gasteiger partial charge is 0.398 e. The van der Waals surface area contributed by atoms with Gasteiger partial charge in [0.2, 0.25) is 10.0 Å². The topological polar surface area (TPSA) is 63.4 Å². The van der Waals surface area contributed by atoms with Crippen molar-refractivity contribution in [3.8, 4) is 0 Å². The maximum absolute atomic E-state index is 12.3. The highest BCUT2D eigenvalue weighted by Crippen LogP contribution is 2.23. The summed E-state index contributed by atoms with van der Waals surface area (Å²) in [7, 11) is -3.52.